The van der Waals surface area contributed by atoms with Gasteiger partial charge < -0.3 is 14.9 Å². The number of rotatable bonds is 0. The quantitative estimate of drug-likeness (QED) is 0.272. The van der Waals surface area contributed by atoms with Crippen molar-refractivity contribution in [2.75, 3.05) is 0 Å². The number of hydrogen-bond acceptors (Lipinski definition) is 0. The molecular formula is C18H30W4. The largest absolute Gasteiger partial charge is 2.00 e. The summed E-state index contributed by atoms with van der Waals surface area (Å²) < 4.78 is 0. The molecule has 0 unspecified atom stereocenters. The Kier molecular flexibility index (Phi) is 129. The van der Waals surface area contributed by atoms with Crippen LogP contribution in [-0.2, 0) is 84.3 Å². The molecule has 0 saturated carbocycles. The molecular weight excluding hydrogens is 952 g/mol. The first kappa shape index (κ1) is 49.5. The fraction of sp³-hybridized carbons (Fsp3) is 0.222. The molecule has 0 bridgehead atoms. The van der Waals surface area contributed by atoms with Crippen LogP contribution in [-0.4, -0.2) is 0 Å². The SMILES string of the molecule is CC.CC.[CH3-].[CH3-].[W+2].[W].[W].[W].c1ccccc1.c1ccccc1. The minimum absolute atomic E-state index is 0. The van der Waals surface area contributed by atoms with Crippen LogP contribution in [0.15, 0.2) is 72.8 Å². The smallest absolute Gasteiger partial charge is 0.358 e. The van der Waals surface area contributed by atoms with Crippen LogP contribution in [0.25, 0.3) is 0 Å². The molecule has 0 aliphatic rings. The van der Waals surface area contributed by atoms with Crippen molar-refractivity contribution >= 4 is 0 Å². The second kappa shape index (κ2) is 57.3. The summed E-state index contributed by atoms with van der Waals surface area (Å²) >= 11 is 0. The third kappa shape index (κ3) is 49.6. The summed E-state index contributed by atoms with van der Waals surface area (Å²) in [4.78, 5) is 0. The average molecular weight is 982 g/mol. The van der Waals surface area contributed by atoms with Gasteiger partial charge in [-0.2, -0.15) is 0 Å². The van der Waals surface area contributed by atoms with Gasteiger partial charge in [0.1, 0.15) is 0 Å². The molecule has 2 aromatic rings. The molecule has 2 aromatic carbocycles. The van der Waals surface area contributed by atoms with Crippen LogP contribution in [0.2, 0.25) is 0 Å². The van der Waals surface area contributed by atoms with E-state index < -0.39 is 0 Å². The van der Waals surface area contributed by atoms with Crippen molar-refractivity contribution in [1.82, 2.24) is 0 Å². The van der Waals surface area contributed by atoms with Gasteiger partial charge in [-0.1, -0.05) is 100 Å². The minimum Gasteiger partial charge on any atom is -0.358 e. The first-order valence-corrected chi connectivity index (χ1v) is 6.00. The van der Waals surface area contributed by atoms with Gasteiger partial charge in [0.05, 0.1) is 0 Å². The van der Waals surface area contributed by atoms with Gasteiger partial charge in [0.15, 0.2) is 0 Å². The summed E-state index contributed by atoms with van der Waals surface area (Å²) in [6.07, 6.45) is 0. The predicted molar refractivity (Wildman–Crippen MR) is 88.4 cm³/mol. The van der Waals surface area contributed by atoms with E-state index in [0.717, 1.165) is 0 Å². The molecule has 0 amide bonds. The van der Waals surface area contributed by atoms with Crippen molar-refractivity contribution in [1.29, 1.82) is 0 Å². The molecule has 0 radical (unpaired) electrons. The fourth-order valence-electron chi connectivity index (χ4n) is 0.770. The maximum absolute atomic E-state index is 2.00. The summed E-state index contributed by atoms with van der Waals surface area (Å²) in [7, 11) is 0. The third-order valence-electron chi connectivity index (χ3n) is 1.33. The number of benzene rings is 2. The first-order chi connectivity index (χ1) is 8.00. The zero-order valence-corrected chi connectivity index (χ0v) is 26.3. The summed E-state index contributed by atoms with van der Waals surface area (Å²) in [5, 5.41) is 0. The zero-order chi connectivity index (χ0) is 12.5. The molecule has 0 fully saturated rings. The van der Waals surface area contributed by atoms with Gasteiger partial charge >= 0.3 is 21.1 Å². The van der Waals surface area contributed by atoms with E-state index in [1.165, 1.54) is 0 Å². The maximum atomic E-state index is 2.00. The molecule has 2 rings (SSSR count). The van der Waals surface area contributed by atoms with Crippen LogP contribution >= 0.6 is 0 Å². The van der Waals surface area contributed by atoms with Crippen molar-refractivity contribution in [2.45, 2.75) is 27.7 Å². The predicted octanol–water partition coefficient (Wildman–Crippen LogP) is 6.32. The Hall–Kier alpha value is 1.19. The van der Waals surface area contributed by atoms with E-state index in [0.29, 0.717) is 0 Å². The second-order valence-electron chi connectivity index (χ2n) is 2.31. The zero-order valence-electron chi connectivity index (χ0n) is 14.6. The van der Waals surface area contributed by atoms with Crippen molar-refractivity contribution in [3.8, 4) is 0 Å². The molecule has 4 heteroatoms. The molecule has 22 heavy (non-hydrogen) atoms. The molecule has 0 spiro atoms. The Labute approximate surface area is 197 Å². The van der Waals surface area contributed by atoms with Gasteiger partial charge in [0.25, 0.3) is 0 Å². The van der Waals surface area contributed by atoms with Crippen molar-refractivity contribution in [2.24, 2.45) is 0 Å². The minimum atomic E-state index is 0. The monoisotopic (exact) mass is 982 g/mol. The normalized spacial score (nSPS) is 4.91. The van der Waals surface area contributed by atoms with Crippen LogP contribution < -0.4 is 0 Å². The fourth-order valence-corrected chi connectivity index (χ4v) is 0.770. The van der Waals surface area contributed by atoms with Crippen LogP contribution in [0.4, 0.5) is 0 Å². The van der Waals surface area contributed by atoms with Gasteiger partial charge in [-0.3, -0.25) is 0 Å². The first-order valence-electron chi connectivity index (χ1n) is 6.00. The van der Waals surface area contributed by atoms with E-state index in [-0.39, 0.29) is 99.1 Å². The Morgan fingerprint density at radius 1 is 0.318 bits per heavy atom. The Balaban J connectivity index is -0.0000000198. The topological polar surface area (TPSA) is 0 Å². The van der Waals surface area contributed by atoms with Gasteiger partial charge in [-0.25, -0.2) is 0 Å². The van der Waals surface area contributed by atoms with E-state index in [2.05, 4.69) is 0 Å². The van der Waals surface area contributed by atoms with E-state index in [1.54, 1.807) is 0 Å². The van der Waals surface area contributed by atoms with Gasteiger partial charge in [0, 0.05) is 63.2 Å². The van der Waals surface area contributed by atoms with E-state index in [4.69, 9.17) is 0 Å². The van der Waals surface area contributed by atoms with Crippen molar-refractivity contribution in [3.63, 3.8) is 0 Å². The van der Waals surface area contributed by atoms with E-state index in [9.17, 15) is 0 Å². The molecule has 0 heterocycles. The molecule has 0 nitrogen and oxygen atoms in total. The average Bonchev–Trinajstić information content (AvgIpc) is 2.48. The van der Waals surface area contributed by atoms with E-state index in [1.807, 2.05) is 100 Å². The molecule has 0 aliphatic carbocycles. The van der Waals surface area contributed by atoms with Crippen LogP contribution in [0, 0.1) is 14.9 Å². The molecule has 126 valence electrons. The molecule has 0 saturated heterocycles. The Morgan fingerprint density at radius 3 is 0.409 bits per heavy atom. The molecule has 0 aromatic heterocycles. The molecule has 0 aliphatic heterocycles. The van der Waals surface area contributed by atoms with Crippen LogP contribution in [0.5, 0.6) is 0 Å². The van der Waals surface area contributed by atoms with Gasteiger partial charge in [0.2, 0.25) is 0 Å². The van der Waals surface area contributed by atoms with Crippen LogP contribution in [0.3, 0.4) is 0 Å². The van der Waals surface area contributed by atoms with E-state index >= 15 is 0 Å². The molecule has 0 N–H and O–H groups in total. The van der Waals surface area contributed by atoms with Crippen LogP contribution in [0.1, 0.15) is 27.7 Å². The third-order valence-corrected chi connectivity index (χ3v) is 1.33. The molecule has 0 atom stereocenters. The number of hydrogen-bond donors (Lipinski definition) is 0. The standard InChI is InChI=1S/2C6H6.2C2H6.2CH3.4W/c2*1-2-4-6-5-3-1;2*1-2;;;;;;/h2*1-6H;2*1-2H3;2*1H3;;;;/q;;;;2*-1;;;;+2. The van der Waals surface area contributed by atoms with Gasteiger partial charge in [-0.05, 0) is 0 Å². The Bertz CT molecular complexity index is 190. The van der Waals surface area contributed by atoms with Gasteiger partial charge in [-0.15, -0.1) is 0 Å². The summed E-state index contributed by atoms with van der Waals surface area (Å²) in [6, 6.07) is 24.0. The summed E-state index contributed by atoms with van der Waals surface area (Å²) in [5.41, 5.74) is 0. The van der Waals surface area contributed by atoms with Crippen molar-refractivity contribution in [3.05, 3.63) is 87.6 Å². The second-order valence-corrected chi connectivity index (χ2v) is 2.31. The maximum Gasteiger partial charge on any atom is 2.00 e. The summed E-state index contributed by atoms with van der Waals surface area (Å²) in [6.45, 7) is 8.00. The van der Waals surface area contributed by atoms with Crippen molar-refractivity contribution < 1.29 is 84.3 Å². The summed E-state index contributed by atoms with van der Waals surface area (Å²) in [5.74, 6) is 0. The Morgan fingerprint density at radius 2 is 0.364 bits per heavy atom.